The average molecular weight is 468 g/mol. The number of fused-ring (bicyclic) bond motifs is 1. The van der Waals surface area contributed by atoms with Crippen molar-refractivity contribution < 1.29 is 14.3 Å². The molecule has 162 valence electrons. The number of carbonyl (C=O) groups excluding carboxylic acids is 2. The molecule has 0 aliphatic carbocycles. The quantitative estimate of drug-likeness (QED) is 0.250. The molecule has 0 saturated carbocycles. The van der Waals surface area contributed by atoms with Gasteiger partial charge in [0, 0.05) is 5.39 Å². The third-order valence-electron chi connectivity index (χ3n) is 4.27. The Labute approximate surface area is 190 Å². The molecule has 0 spiro atoms. The van der Waals surface area contributed by atoms with Gasteiger partial charge in [-0.1, -0.05) is 59.5 Å². The Bertz CT molecular complexity index is 1340. The minimum absolute atomic E-state index is 0.0833. The van der Waals surface area contributed by atoms with E-state index in [0.717, 1.165) is 11.3 Å². The molecule has 4 aromatic rings. The molecule has 0 fully saturated rings. The number of anilines is 1. The summed E-state index contributed by atoms with van der Waals surface area (Å²) in [6, 6.07) is 15.7. The molecule has 0 atom stereocenters. The van der Waals surface area contributed by atoms with Crippen molar-refractivity contribution in [1.29, 1.82) is 0 Å². The van der Waals surface area contributed by atoms with Gasteiger partial charge in [0.25, 0.3) is 11.5 Å². The average Bonchev–Trinajstić information content (AvgIpc) is 3.26. The lowest BCUT2D eigenvalue weighted by atomic mass is 10.1. The summed E-state index contributed by atoms with van der Waals surface area (Å²) in [5.74, 6) is -0.772. The molecule has 0 aliphatic rings. The molecule has 2 heterocycles. The second kappa shape index (κ2) is 9.71. The number of nitrogens with zero attached hydrogens (tertiary/aromatic N) is 4. The molecule has 0 saturated heterocycles. The van der Waals surface area contributed by atoms with Crippen LogP contribution in [0.4, 0.5) is 5.13 Å². The summed E-state index contributed by atoms with van der Waals surface area (Å²) in [5.41, 5.74) is 0.308. The SMILES string of the molecule is CCOC(=O)CSc1nnc(NC(=O)c2nn(-c3ccccc3)c(=O)c3ccccc23)s1. The fraction of sp³-hybridized carbons (Fsp3) is 0.143. The highest BCUT2D eigenvalue weighted by Crippen LogP contribution is 2.26. The summed E-state index contributed by atoms with van der Waals surface area (Å²) in [6.07, 6.45) is 0. The van der Waals surface area contributed by atoms with Crippen LogP contribution in [0.3, 0.4) is 0 Å². The topological polar surface area (TPSA) is 116 Å². The molecule has 4 rings (SSSR count). The number of para-hydroxylation sites is 1. The van der Waals surface area contributed by atoms with Gasteiger partial charge in [0.15, 0.2) is 10.0 Å². The van der Waals surface area contributed by atoms with Gasteiger partial charge in [-0.05, 0) is 25.1 Å². The molecule has 0 radical (unpaired) electrons. The number of benzene rings is 2. The number of aromatic nitrogens is 4. The Hall–Kier alpha value is -3.57. The maximum Gasteiger partial charge on any atom is 0.316 e. The van der Waals surface area contributed by atoms with E-state index in [9.17, 15) is 14.4 Å². The minimum Gasteiger partial charge on any atom is -0.465 e. The number of hydrogen-bond acceptors (Lipinski definition) is 9. The Kier molecular flexibility index (Phi) is 6.57. The zero-order valence-corrected chi connectivity index (χ0v) is 18.5. The molecule has 32 heavy (non-hydrogen) atoms. The Morgan fingerprint density at radius 3 is 2.53 bits per heavy atom. The molecule has 1 N–H and O–H groups in total. The zero-order chi connectivity index (χ0) is 22.5. The van der Waals surface area contributed by atoms with Crippen molar-refractivity contribution in [3.63, 3.8) is 0 Å². The summed E-state index contributed by atoms with van der Waals surface area (Å²) in [5, 5.41) is 16.0. The number of nitrogens with one attached hydrogen (secondary N) is 1. The second-order valence-corrected chi connectivity index (χ2v) is 8.57. The number of ether oxygens (including phenoxy) is 1. The molecule has 1 amide bonds. The van der Waals surface area contributed by atoms with E-state index < -0.39 is 5.91 Å². The molecule has 9 nitrogen and oxygen atoms in total. The van der Waals surface area contributed by atoms with E-state index in [4.69, 9.17) is 4.74 Å². The van der Waals surface area contributed by atoms with Crippen LogP contribution in [0.5, 0.6) is 0 Å². The van der Waals surface area contributed by atoms with E-state index in [-0.39, 0.29) is 28.1 Å². The Morgan fingerprint density at radius 1 is 1.06 bits per heavy atom. The molecular formula is C21H17N5O4S2. The van der Waals surface area contributed by atoms with Crippen molar-refractivity contribution in [3.05, 3.63) is 70.6 Å². The van der Waals surface area contributed by atoms with Gasteiger partial charge in [-0.2, -0.15) is 9.78 Å². The Morgan fingerprint density at radius 2 is 1.78 bits per heavy atom. The lowest BCUT2D eigenvalue weighted by Crippen LogP contribution is -2.26. The highest BCUT2D eigenvalue weighted by Gasteiger charge is 2.19. The first-order chi connectivity index (χ1) is 15.6. The summed E-state index contributed by atoms with van der Waals surface area (Å²) < 4.78 is 6.60. The first-order valence-electron chi connectivity index (χ1n) is 9.57. The van der Waals surface area contributed by atoms with Crippen LogP contribution in [0, 0.1) is 0 Å². The fourth-order valence-corrected chi connectivity index (χ4v) is 4.44. The van der Waals surface area contributed by atoms with Crippen molar-refractivity contribution in [3.8, 4) is 5.69 Å². The van der Waals surface area contributed by atoms with Gasteiger partial charge in [0.05, 0.1) is 23.4 Å². The van der Waals surface area contributed by atoms with E-state index in [2.05, 4.69) is 20.6 Å². The lowest BCUT2D eigenvalue weighted by molar-refractivity contribution is -0.139. The van der Waals surface area contributed by atoms with Crippen LogP contribution in [0.15, 0.2) is 63.7 Å². The van der Waals surface area contributed by atoms with E-state index in [0.29, 0.717) is 27.4 Å². The van der Waals surface area contributed by atoms with Crippen LogP contribution in [-0.4, -0.2) is 44.2 Å². The lowest BCUT2D eigenvalue weighted by Gasteiger charge is -2.10. The number of esters is 1. The van der Waals surface area contributed by atoms with E-state index >= 15 is 0 Å². The molecule has 0 aliphatic heterocycles. The maximum absolute atomic E-state index is 13.1. The van der Waals surface area contributed by atoms with Crippen LogP contribution in [0.25, 0.3) is 16.5 Å². The first kappa shape index (κ1) is 21.7. The number of rotatable bonds is 7. The molecule has 11 heteroatoms. The smallest absolute Gasteiger partial charge is 0.316 e. The summed E-state index contributed by atoms with van der Waals surface area (Å²) in [6.45, 7) is 2.04. The third-order valence-corrected chi connectivity index (χ3v) is 6.21. The molecule has 2 aromatic heterocycles. The Balaban J connectivity index is 1.62. The molecule has 0 bridgehead atoms. The van der Waals surface area contributed by atoms with Crippen molar-refractivity contribution in [2.24, 2.45) is 0 Å². The monoisotopic (exact) mass is 467 g/mol. The van der Waals surface area contributed by atoms with Crippen molar-refractivity contribution in [2.75, 3.05) is 17.7 Å². The van der Waals surface area contributed by atoms with E-state index in [1.807, 2.05) is 6.07 Å². The van der Waals surface area contributed by atoms with E-state index in [1.54, 1.807) is 55.5 Å². The van der Waals surface area contributed by atoms with Crippen molar-refractivity contribution in [1.82, 2.24) is 20.0 Å². The molecule has 0 unspecified atom stereocenters. The number of hydrogen-bond donors (Lipinski definition) is 1. The van der Waals surface area contributed by atoms with Gasteiger partial charge in [0.2, 0.25) is 5.13 Å². The maximum atomic E-state index is 13.1. The minimum atomic E-state index is -0.524. The standard InChI is InChI=1S/C21H17N5O4S2/c1-2-30-16(27)12-31-21-24-23-20(32-21)22-18(28)17-14-10-6-7-11-15(14)19(29)26(25-17)13-8-4-3-5-9-13/h3-11H,2,12H2,1H3,(H,22,23,28). The first-order valence-corrected chi connectivity index (χ1v) is 11.4. The van der Waals surface area contributed by atoms with E-state index in [1.165, 1.54) is 16.4 Å². The number of thioether (sulfide) groups is 1. The summed E-state index contributed by atoms with van der Waals surface area (Å²) in [4.78, 5) is 37.5. The van der Waals surface area contributed by atoms with Gasteiger partial charge in [0.1, 0.15) is 0 Å². The van der Waals surface area contributed by atoms with Gasteiger partial charge < -0.3 is 4.74 Å². The van der Waals surface area contributed by atoms with Crippen LogP contribution in [0.1, 0.15) is 17.4 Å². The highest BCUT2D eigenvalue weighted by molar-refractivity contribution is 8.01. The van der Waals surface area contributed by atoms with Crippen LogP contribution < -0.4 is 10.9 Å². The summed E-state index contributed by atoms with van der Waals surface area (Å²) in [7, 11) is 0. The van der Waals surface area contributed by atoms with Crippen LogP contribution >= 0.6 is 23.1 Å². The second-order valence-electron chi connectivity index (χ2n) is 6.37. The van der Waals surface area contributed by atoms with Gasteiger partial charge in [-0.3, -0.25) is 19.7 Å². The zero-order valence-electron chi connectivity index (χ0n) is 16.8. The highest BCUT2D eigenvalue weighted by atomic mass is 32.2. The molecule has 2 aromatic carbocycles. The van der Waals surface area contributed by atoms with Crippen molar-refractivity contribution in [2.45, 2.75) is 11.3 Å². The molecular weight excluding hydrogens is 450 g/mol. The number of amides is 1. The largest absolute Gasteiger partial charge is 0.465 e. The predicted molar refractivity (Wildman–Crippen MR) is 123 cm³/mol. The van der Waals surface area contributed by atoms with Gasteiger partial charge >= 0.3 is 5.97 Å². The van der Waals surface area contributed by atoms with Crippen molar-refractivity contribution >= 4 is 50.9 Å². The van der Waals surface area contributed by atoms with Crippen LogP contribution in [0.2, 0.25) is 0 Å². The normalized spacial score (nSPS) is 10.8. The van der Waals surface area contributed by atoms with Gasteiger partial charge in [-0.15, -0.1) is 10.2 Å². The third kappa shape index (κ3) is 4.68. The van der Waals surface area contributed by atoms with Crippen LogP contribution in [-0.2, 0) is 9.53 Å². The van der Waals surface area contributed by atoms with Gasteiger partial charge in [-0.25, -0.2) is 0 Å². The number of carbonyl (C=O) groups is 2. The fourth-order valence-electron chi connectivity index (χ4n) is 2.90. The summed E-state index contributed by atoms with van der Waals surface area (Å²) >= 11 is 2.30. The predicted octanol–water partition coefficient (Wildman–Crippen LogP) is 3.14.